The van der Waals surface area contributed by atoms with Gasteiger partial charge in [-0.1, -0.05) is 196 Å². The first kappa shape index (κ1) is 40.4. The van der Waals surface area contributed by atoms with E-state index in [1.165, 1.54) is 127 Å². The van der Waals surface area contributed by atoms with Crippen LogP contribution in [0.5, 0.6) is 0 Å². The van der Waals surface area contributed by atoms with Crippen LogP contribution >= 0.6 is 11.3 Å². The number of aryl methyl sites for hydroxylation is 2. The second-order valence-corrected chi connectivity index (χ2v) is 21.6. The van der Waals surface area contributed by atoms with Gasteiger partial charge in [0.2, 0.25) is 0 Å². The summed E-state index contributed by atoms with van der Waals surface area (Å²) < 4.78 is 1.40. The Morgan fingerprint density at radius 2 is 1.07 bits per heavy atom. The molecule has 3 heterocycles. The Bertz CT molecular complexity index is 3700. The van der Waals surface area contributed by atoms with Gasteiger partial charge in [0.25, 0.3) is 6.71 Å². The Labute approximate surface area is 409 Å². The topological polar surface area (TPSA) is 6.48 Å². The van der Waals surface area contributed by atoms with Crippen molar-refractivity contribution in [1.82, 2.24) is 0 Å². The molecule has 0 saturated carbocycles. The third-order valence-electron chi connectivity index (χ3n) is 15.5. The maximum Gasteiger partial charge on any atom is 0.264 e. The molecule has 1 spiro atoms. The molecule has 0 amide bonds. The van der Waals surface area contributed by atoms with E-state index in [-0.39, 0.29) is 12.1 Å². The van der Waals surface area contributed by atoms with Gasteiger partial charge in [-0.25, -0.2) is 0 Å². The van der Waals surface area contributed by atoms with E-state index in [1.54, 1.807) is 0 Å². The minimum atomic E-state index is -0.455. The van der Waals surface area contributed by atoms with Crippen molar-refractivity contribution < 1.29 is 0 Å². The van der Waals surface area contributed by atoms with E-state index in [0.29, 0.717) is 0 Å². The molecule has 0 saturated heterocycles. The van der Waals surface area contributed by atoms with E-state index in [4.69, 9.17) is 0 Å². The van der Waals surface area contributed by atoms with E-state index in [0.717, 1.165) is 5.69 Å². The van der Waals surface area contributed by atoms with Crippen molar-refractivity contribution >= 4 is 67.9 Å². The van der Waals surface area contributed by atoms with Gasteiger partial charge in [-0.15, -0.1) is 11.3 Å². The highest BCUT2D eigenvalue weighted by Gasteiger charge is 2.56. The number of para-hydroxylation sites is 1. The molecular weight excluding hydrogens is 852 g/mol. The second kappa shape index (κ2) is 14.7. The summed E-state index contributed by atoms with van der Waals surface area (Å²) in [4.78, 5) is 6.60. The van der Waals surface area contributed by atoms with Crippen molar-refractivity contribution in [2.24, 2.45) is 0 Å². The average Bonchev–Trinajstić information content (AvgIpc) is 4.00. The van der Waals surface area contributed by atoms with Gasteiger partial charge in [0.15, 0.2) is 0 Å². The Morgan fingerprint density at radius 3 is 1.78 bits per heavy atom. The fourth-order valence-electron chi connectivity index (χ4n) is 12.4. The molecule has 2 aliphatic carbocycles. The molecule has 0 N–H and O–H groups in total. The molecule has 2 aliphatic heterocycles. The number of thiophene rings is 1. The lowest BCUT2D eigenvalue weighted by atomic mass is 9.36. The molecule has 0 unspecified atom stereocenters. The van der Waals surface area contributed by atoms with Gasteiger partial charge in [0.05, 0.1) is 11.1 Å². The Balaban J connectivity index is 1.09. The highest BCUT2D eigenvalue weighted by molar-refractivity contribution is 7.30. The summed E-state index contributed by atoms with van der Waals surface area (Å²) in [7, 11) is 0. The summed E-state index contributed by atoms with van der Waals surface area (Å²) in [6.07, 6.45) is 0. The van der Waals surface area contributed by atoms with E-state index in [1.807, 2.05) is 0 Å². The van der Waals surface area contributed by atoms with Crippen LogP contribution in [0, 0.1) is 13.8 Å². The maximum absolute atomic E-state index is 2.63. The van der Waals surface area contributed by atoms with E-state index in [2.05, 4.69) is 262 Å². The molecule has 9 aromatic carbocycles. The van der Waals surface area contributed by atoms with Crippen LogP contribution in [0.25, 0.3) is 44.5 Å². The van der Waals surface area contributed by atoms with Crippen molar-refractivity contribution in [2.75, 3.05) is 9.80 Å². The van der Waals surface area contributed by atoms with E-state index in [9.17, 15) is 0 Å². The largest absolute Gasteiger partial charge is 0.311 e. The smallest absolute Gasteiger partial charge is 0.264 e. The first-order chi connectivity index (χ1) is 33.7. The highest BCUT2D eigenvalue weighted by atomic mass is 32.1. The molecule has 2 nitrogen and oxygen atoms in total. The first-order valence-corrected chi connectivity index (χ1v) is 25.2. The van der Waals surface area contributed by atoms with Crippen LogP contribution in [0.15, 0.2) is 206 Å². The third-order valence-corrected chi connectivity index (χ3v) is 16.9. The minimum Gasteiger partial charge on any atom is -0.311 e. The minimum absolute atomic E-state index is 0.0139. The molecule has 1 aromatic heterocycles. The Hall–Kier alpha value is -7.66. The Kier molecular flexibility index (Phi) is 8.60. The highest BCUT2D eigenvalue weighted by Crippen LogP contribution is 2.67. The monoisotopic (exact) mass is 900 g/mol. The normalized spacial score (nSPS) is 14.2. The summed E-state index contributed by atoms with van der Waals surface area (Å²) in [5.41, 5.74) is 27.8. The van der Waals surface area contributed by atoms with Crippen LogP contribution in [0.4, 0.5) is 34.1 Å². The predicted octanol–water partition coefficient (Wildman–Crippen LogP) is 15.4. The lowest BCUT2D eigenvalue weighted by molar-refractivity contribution is 0.590. The molecule has 69 heavy (non-hydrogen) atoms. The summed E-state index contributed by atoms with van der Waals surface area (Å²) >= 11 is 2.06. The first-order valence-electron chi connectivity index (χ1n) is 24.4. The van der Waals surface area contributed by atoms with Crippen LogP contribution in [-0.2, 0) is 10.8 Å². The lowest BCUT2D eigenvalue weighted by Crippen LogP contribution is -2.60. The molecule has 0 bridgehead atoms. The molecule has 10 aromatic rings. The average molecular weight is 901 g/mol. The number of rotatable bonds is 4. The Morgan fingerprint density at radius 1 is 0.449 bits per heavy atom. The standard InChI is InChI=1S/C65H49BN2S/c1-40-27-32-46(33-28-40)68-57-26-16-25-56-60(57)66(63-61(68)59-50-34-29-41(2)37-54(50)65(62(59)69-63)52-23-14-12-21-48(52)49-22-13-15-24-53(49)65)55-36-30-43(38-58(55)67(56)45-19-10-7-11-20-45)51-39-44(64(3,4)5)31-35-47(51)42-17-8-6-9-18-42/h6-39H,1-5H3. The summed E-state index contributed by atoms with van der Waals surface area (Å²) in [6, 6.07) is 78.4. The number of anilines is 6. The van der Waals surface area contributed by atoms with Gasteiger partial charge in [0.1, 0.15) is 0 Å². The summed E-state index contributed by atoms with van der Waals surface area (Å²) in [6.45, 7) is 11.4. The fraction of sp³-hybridized carbons (Fsp3) is 0.108. The molecule has 4 heteroatoms. The molecule has 0 radical (unpaired) electrons. The van der Waals surface area contributed by atoms with Gasteiger partial charge in [-0.2, -0.15) is 0 Å². The van der Waals surface area contributed by atoms with Gasteiger partial charge in [-0.05, 0) is 134 Å². The molecule has 0 atom stereocenters. The molecule has 0 fully saturated rings. The quantitative estimate of drug-likeness (QED) is 0.162. The zero-order valence-corrected chi connectivity index (χ0v) is 40.3. The van der Waals surface area contributed by atoms with Gasteiger partial charge in [0, 0.05) is 43.7 Å². The van der Waals surface area contributed by atoms with Crippen LogP contribution in [0.3, 0.4) is 0 Å². The number of nitrogens with zero attached hydrogens (tertiary/aromatic N) is 2. The predicted molar refractivity (Wildman–Crippen MR) is 294 cm³/mol. The van der Waals surface area contributed by atoms with Crippen LogP contribution in [0.1, 0.15) is 59.0 Å². The van der Waals surface area contributed by atoms with Crippen molar-refractivity contribution in [3.05, 3.63) is 245 Å². The molecule has 328 valence electrons. The number of benzene rings is 9. The van der Waals surface area contributed by atoms with Crippen LogP contribution < -0.4 is 25.5 Å². The zero-order valence-electron chi connectivity index (χ0n) is 39.5. The molecule has 14 rings (SSSR count). The van der Waals surface area contributed by atoms with Crippen LogP contribution in [-0.4, -0.2) is 6.71 Å². The summed E-state index contributed by atoms with van der Waals surface area (Å²) in [5.74, 6) is 0. The van der Waals surface area contributed by atoms with Crippen molar-refractivity contribution in [3.63, 3.8) is 0 Å². The molecule has 4 aliphatic rings. The number of hydrogen-bond donors (Lipinski definition) is 0. The van der Waals surface area contributed by atoms with Gasteiger partial charge < -0.3 is 9.80 Å². The fourth-order valence-corrected chi connectivity index (χ4v) is 14.1. The van der Waals surface area contributed by atoms with E-state index >= 15 is 0 Å². The zero-order chi connectivity index (χ0) is 46.3. The number of hydrogen-bond acceptors (Lipinski definition) is 3. The maximum atomic E-state index is 2.63. The van der Waals surface area contributed by atoms with Crippen molar-refractivity contribution in [1.29, 1.82) is 0 Å². The van der Waals surface area contributed by atoms with Crippen molar-refractivity contribution in [2.45, 2.75) is 45.4 Å². The second-order valence-electron chi connectivity index (χ2n) is 20.5. The van der Waals surface area contributed by atoms with Crippen LogP contribution in [0.2, 0.25) is 0 Å². The summed E-state index contributed by atoms with van der Waals surface area (Å²) in [5, 5.41) is 0. The van der Waals surface area contributed by atoms with E-state index < -0.39 is 5.41 Å². The van der Waals surface area contributed by atoms with Gasteiger partial charge in [-0.3, -0.25) is 0 Å². The van der Waals surface area contributed by atoms with Gasteiger partial charge >= 0.3 is 0 Å². The van der Waals surface area contributed by atoms with Crippen molar-refractivity contribution in [3.8, 4) is 44.5 Å². The lowest BCUT2D eigenvalue weighted by Gasteiger charge is -2.43. The SMILES string of the molecule is Cc1ccc(N2c3cccc4c3B(c3ccc(-c5cc(C(C)(C)C)ccc5-c5ccccc5)cc3N4c3ccccc3)c3sc4c(c32)-c2ccc(C)cc2C42c3ccccc3-c3ccccc32)cc1. The number of fused-ring (bicyclic) bond motifs is 15. The molecular formula is C65H49BN2S. The third kappa shape index (κ3) is 5.61.